The first-order chi connectivity index (χ1) is 8.35. The normalized spacial score (nSPS) is 15.1. The van der Waals surface area contributed by atoms with Crippen LogP contribution in [0.2, 0.25) is 0 Å². The monoisotopic (exact) mass is 247 g/mol. The lowest BCUT2D eigenvalue weighted by Crippen LogP contribution is -2.27. The van der Waals surface area contributed by atoms with Crippen LogP contribution in [-0.4, -0.2) is 28.3 Å². The number of nitrogens with zero attached hydrogens (tertiary/aromatic N) is 3. The van der Waals surface area contributed by atoms with E-state index in [2.05, 4.69) is 16.5 Å². The summed E-state index contributed by atoms with van der Waals surface area (Å²) in [6.45, 7) is 4.52. The summed E-state index contributed by atoms with van der Waals surface area (Å²) < 4.78 is 1.85. The lowest BCUT2D eigenvalue weighted by atomic mass is 10.3. The molecule has 2 aromatic rings. The number of carbonyl (C=O) groups excluding carboxylic acids is 1. The molecule has 1 saturated carbocycles. The number of carbonyl (C=O) groups is 1. The van der Waals surface area contributed by atoms with Crippen molar-refractivity contribution in [2.75, 3.05) is 11.4 Å². The van der Waals surface area contributed by atoms with E-state index in [1.807, 2.05) is 22.1 Å². The molecule has 0 amide bonds. The van der Waals surface area contributed by atoms with Gasteiger partial charge in [-0.2, -0.15) is 0 Å². The number of fused-ring (bicyclic) bond motifs is 1. The highest BCUT2D eigenvalue weighted by Crippen LogP contribution is 2.33. The van der Waals surface area contributed by atoms with Gasteiger partial charge in [0.1, 0.15) is 5.69 Å². The van der Waals surface area contributed by atoms with Crippen LogP contribution in [0.25, 0.3) is 4.96 Å². The molecule has 0 radical (unpaired) electrons. The SMILES string of the molecule is C=CCN(c1nc2sccn2c1C=O)C1CC1. The molecule has 0 aromatic carbocycles. The van der Waals surface area contributed by atoms with Gasteiger partial charge in [-0.1, -0.05) is 6.08 Å². The Morgan fingerprint density at radius 3 is 3.12 bits per heavy atom. The van der Waals surface area contributed by atoms with Crippen molar-refractivity contribution in [2.45, 2.75) is 18.9 Å². The smallest absolute Gasteiger partial charge is 0.196 e. The van der Waals surface area contributed by atoms with Crippen LogP contribution in [0.3, 0.4) is 0 Å². The molecule has 1 aliphatic rings. The van der Waals surface area contributed by atoms with Crippen LogP contribution in [0.5, 0.6) is 0 Å². The van der Waals surface area contributed by atoms with E-state index in [4.69, 9.17) is 0 Å². The molecule has 17 heavy (non-hydrogen) atoms. The largest absolute Gasteiger partial charge is 0.348 e. The first-order valence-electron chi connectivity index (χ1n) is 5.63. The maximum atomic E-state index is 11.2. The molecule has 0 bridgehead atoms. The van der Waals surface area contributed by atoms with Crippen LogP contribution in [0.1, 0.15) is 23.3 Å². The van der Waals surface area contributed by atoms with E-state index in [1.54, 1.807) is 11.3 Å². The Bertz CT molecular complexity index is 567. The molecule has 0 aliphatic heterocycles. The topological polar surface area (TPSA) is 37.6 Å². The second-order valence-corrected chi connectivity index (χ2v) is 5.04. The Morgan fingerprint density at radius 1 is 1.65 bits per heavy atom. The summed E-state index contributed by atoms with van der Waals surface area (Å²) in [5.41, 5.74) is 0.648. The lowest BCUT2D eigenvalue weighted by molar-refractivity contribution is 0.111. The summed E-state index contributed by atoms with van der Waals surface area (Å²) >= 11 is 1.55. The fourth-order valence-electron chi connectivity index (χ4n) is 2.05. The van der Waals surface area contributed by atoms with Crippen LogP contribution >= 0.6 is 11.3 Å². The zero-order valence-corrected chi connectivity index (χ0v) is 10.2. The molecular weight excluding hydrogens is 234 g/mol. The van der Waals surface area contributed by atoms with E-state index in [1.165, 1.54) is 12.8 Å². The molecule has 88 valence electrons. The highest BCUT2D eigenvalue weighted by Gasteiger charge is 2.32. The van der Waals surface area contributed by atoms with Gasteiger partial charge < -0.3 is 4.90 Å². The third kappa shape index (κ3) is 1.67. The van der Waals surface area contributed by atoms with Crippen molar-refractivity contribution in [2.24, 2.45) is 0 Å². The van der Waals surface area contributed by atoms with Gasteiger partial charge in [0.05, 0.1) is 0 Å². The number of thiazole rings is 1. The fourth-order valence-corrected chi connectivity index (χ4v) is 2.76. The number of imidazole rings is 1. The molecule has 1 fully saturated rings. The van der Waals surface area contributed by atoms with E-state index in [9.17, 15) is 4.79 Å². The fraction of sp³-hybridized carbons (Fsp3) is 0.333. The van der Waals surface area contributed by atoms with Gasteiger partial charge in [0.15, 0.2) is 17.1 Å². The number of hydrogen-bond acceptors (Lipinski definition) is 4. The zero-order chi connectivity index (χ0) is 11.8. The Morgan fingerprint density at radius 2 is 2.47 bits per heavy atom. The number of aldehydes is 1. The highest BCUT2D eigenvalue weighted by molar-refractivity contribution is 7.15. The van der Waals surface area contributed by atoms with E-state index >= 15 is 0 Å². The van der Waals surface area contributed by atoms with Crippen LogP contribution in [0.15, 0.2) is 24.2 Å². The molecule has 3 rings (SSSR count). The van der Waals surface area contributed by atoms with Gasteiger partial charge in [-0.15, -0.1) is 17.9 Å². The molecule has 1 aliphatic carbocycles. The van der Waals surface area contributed by atoms with E-state index in [-0.39, 0.29) is 0 Å². The van der Waals surface area contributed by atoms with E-state index in [0.717, 1.165) is 23.6 Å². The average Bonchev–Trinajstić information content (AvgIpc) is 2.96. The predicted octanol–water partition coefficient (Wildman–Crippen LogP) is 2.36. The van der Waals surface area contributed by atoms with Gasteiger partial charge in [-0.05, 0) is 12.8 Å². The number of rotatable bonds is 5. The van der Waals surface area contributed by atoms with Crippen LogP contribution in [0.4, 0.5) is 5.82 Å². The van der Waals surface area contributed by atoms with Gasteiger partial charge >= 0.3 is 0 Å². The second-order valence-electron chi connectivity index (χ2n) is 4.17. The standard InChI is InChI=1S/C12H13N3OS/c1-2-5-14(9-3-4-9)11-10(8-16)15-6-7-17-12(15)13-11/h2,6-9H,1,3-5H2. The molecule has 0 N–H and O–H groups in total. The third-order valence-corrected chi connectivity index (χ3v) is 3.73. The van der Waals surface area contributed by atoms with Crippen molar-refractivity contribution < 1.29 is 4.79 Å². The first-order valence-corrected chi connectivity index (χ1v) is 6.51. The minimum absolute atomic E-state index is 0.524. The van der Waals surface area contributed by atoms with Crippen molar-refractivity contribution in [3.8, 4) is 0 Å². The summed E-state index contributed by atoms with van der Waals surface area (Å²) in [5.74, 6) is 0.800. The van der Waals surface area contributed by atoms with Gasteiger partial charge in [0.2, 0.25) is 0 Å². The lowest BCUT2D eigenvalue weighted by Gasteiger charge is -2.20. The number of anilines is 1. The minimum atomic E-state index is 0.524. The van der Waals surface area contributed by atoms with Crippen LogP contribution in [-0.2, 0) is 0 Å². The van der Waals surface area contributed by atoms with Crippen molar-refractivity contribution in [3.63, 3.8) is 0 Å². The molecular formula is C12H13N3OS. The van der Waals surface area contributed by atoms with Gasteiger partial charge in [-0.3, -0.25) is 9.20 Å². The summed E-state index contributed by atoms with van der Waals surface area (Å²) in [6.07, 6.45) is 6.99. The molecule has 2 aromatic heterocycles. The maximum Gasteiger partial charge on any atom is 0.196 e. The van der Waals surface area contributed by atoms with Crippen molar-refractivity contribution in [1.29, 1.82) is 0 Å². The molecule has 5 heteroatoms. The minimum Gasteiger partial charge on any atom is -0.348 e. The number of hydrogen-bond donors (Lipinski definition) is 0. The van der Waals surface area contributed by atoms with Gasteiger partial charge in [0, 0.05) is 24.2 Å². The number of aromatic nitrogens is 2. The van der Waals surface area contributed by atoms with Crippen molar-refractivity contribution in [3.05, 3.63) is 29.9 Å². The molecule has 2 heterocycles. The van der Waals surface area contributed by atoms with Gasteiger partial charge in [0.25, 0.3) is 0 Å². The first kappa shape index (κ1) is 10.5. The van der Waals surface area contributed by atoms with Crippen molar-refractivity contribution in [1.82, 2.24) is 9.38 Å². The highest BCUT2D eigenvalue weighted by atomic mass is 32.1. The summed E-state index contributed by atoms with van der Waals surface area (Å²) in [6, 6.07) is 0.524. The summed E-state index contributed by atoms with van der Waals surface area (Å²) in [7, 11) is 0. The summed E-state index contributed by atoms with van der Waals surface area (Å²) in [4.78, 5) is 18.8. The van der Waals surface area contributed by atoms with E-state index in [0.29, 0.717) is 11.7 Å². The Labute approximate surface area is 103 Å². The molecule has 0 unspecified atom stereocenters. The Kier molecular flexibility index (Phi) is 2.48. The maximum absolute atomic E-state index is 11.2. The Balaban J connectivity index is 2.10. The van der Waals surface area contributed by atoms with Crippen LogP contribution in [0, 0.1) is 0 Å². The quantitative estimate of drug-likeness (QED) is 0.601. The summed E-state index contributed by atoms with van der Waals surface area (Å²) in [5, 5.41) is 1.94. The molecule has 0 atom stereocenters. The van der Waals surface area contributed by atoms with Crippen LogP contribution < -0.4 is 4.90 Å². The van der Waals surface area contributed by atoms with Crippen molar-refractivity contribution >= 4 is 28.4 Å². The van der Waals surface area contributed by atoms with Gasteiger partial charge in [-0.25, -0.2) is 4.98 Å². The zero-order valence-electron chi connectivity index (χ0n) is 9.37. The molecule has 0 saturated heterocycles. The molecule has 4 nitrogen and oxygen atoms in total. The average molecular weight is 247 g/mol. The third-order valence-electron chi connectivity index (χ3n) is 2.98. The second kappa shape index (κ2) is 4.00. The van der Waals surface area contributed by atoms with E-state index < -0.39 is 0 Å². The Hall–Kier alpha value is -1.62. The molecule has 0 spiro atoms. The predicted molar refractivity (Wildman–Crippen MR) is 69.0 cm³/mol.